The van der Waals surface area contributed by atoms with Gasteiger partial charge in [0.2, 0.25) is 0 Å². The molecule has 4 rings (SSSR count). The molecule has 1 atom stereocenters. The van der Waals surface area contributed by atoms with Crippen molar-refractivity contribution in [2.45, 2.75) is 61.1 Å². The van der Waals surface area contributed by atoms with E-state index in [1.54, 1.807) is 0 Å². The molecule has 4 nitrogen and oxygen atoms in total. The summed E-state index contributed by atoms with van der Waals surface area (Å²) in [7, 11) is 0. The number of ketones is 1. The van der Waals surface area contributed by atoms with E-state index in [0.717, 1.165) is 45.0 Å². The lowest BCUT2D eigenvalue weighted by atomic mass is 9.96. The molecular weight excluding hydrogens is 394 g/mol. The van der Waals surface area contributed by atoms with Gasteiger partial charge in [0.15, 0.2) is 11.9 Å². The number of aryl methyl sites for hydroxylation is 2. The number of nitrogens with one attached hydrogen (secondary N) is 1. The fourth-order valence-electron chi connectivity index (χ4n) is 3.59. The van der Waals surface area contributed by atoms with Gasteiger partial charge in [0.1, 0.15) is 0 Å². The van der Waals surface area contributed by atoms with Crippen molar-refractivity contribution in [2.24, 2.45) is 4.99 Å². The molecule has 32 heavy (non-hydrogen) atoms. The number of benzene rings is 2. The van der Waals surface area contributed by atoms with E-state index < -0.39 is 6.17 Å². The number of carbonyl (C=O) groups is 1. The summed E-state index contributed by atoms with van der Waals surface area (Å²) >= 11 is 0. The minimum absolute atomic E-state index is 0.0601. The van der Waals surface area contributed by atoms with Crippen LogP contribution in [-0.2, 0) is 11.2 Å². The lowest BCUT2D eigenvalue weighted by Crippen LogP contribution is -2.29. The average Bonchev–Trinajstić information content (AvgIpc) is 2.96. The van der Waals surface area contributed by atoms with Crippen LogP contribution >= 0.6 is 0 Å². The van der Waals surface area contributed by atoms with Crippen molar-refractivity contribution in [1.29, 1.82) is 0 Å². The van der Waals surface area contributed by atoms with E-state index >= 15 is 0 Å². The topological polar surface area (TPSA) is 54.4 Å². The van der Waals surface area contributed by atoms with Crippen LogP contribution in [0.1, 0.15) is 61.3 Å². The van der Waals surface area contributed by atoms with Crippen LogP contribution in [0.3, 0.4) is 0 Å². The monoisotopic (exact) mass is 429 g/mol. The van der Waals surface area contributed by atoms with Crippen molar-refractivity contribution in [3.05, 3.63) is 94.3 Å². The number of Topliss-reactive ketones (excluding diaryl/α,β-unsaturated/α-hetero) is 1. The molecule has 1 unspecified atom stereocenters. The number of anilines is 1. The molecule has 1 aliphatic heterocycles. The number of pyridine rings is 1. The summed E-state index contributed by atoms with van der Waals surface area (Å²) in [5, 5.41) is 3.38. The highest BCUT2D eigenvalue weighted by atomic mass is 16.1. The molecule has 0 spiro atoms. The van der Waals surface area contributed by atoms with Crippen molar-refractivity contribution < 1.29 is 4.79 Å². The number of rotatable bonds is 3. The van der Waals surface area contributed by atoms with Gasteiger partial charge in [0, 0.05) is 34.6 Å². The average molecular weight is 430 g/mol. The first-order valence-electron chi connectivity index (χ1n) is 11.5. The smallest absolute Gasteiger partial charge is 0.181 e. The number of hydrogen-bond donors (Lipinski definition) is 1. The van der Waals surface area contributed by atoms with Crippen LogP contribution < -0.4 is 5.32 Å². The van der Waals surface area contributed by atoms with Crippen LogP contribution in [0.25, 0.3) is 0 Å². The van der Waals surface area contributed by atoms with E-state index in [2.05, 4.69) is 10.3 Å². The molecule has 1 aliphatic rings. The Bertz CT molecular complexity index is 1070. The molecule has 4 heteroatoms. The van der Waals surface area contributed by atoms with Crippen molar-refractivity contribution in [1.82, 2.24) is 4.98 Å². The van der Waals surface area contributed by atoms with E-state index in [1.165, 1.54) is 0 Å². The molecule has 3 aromatic rings. The quantitative estimate of drug-likeness (QED) is 0.520. The van der Waals surface area contributed by atoms with Gasteiger partial charge in [-0.15, -0.1) is 0 Å². The number of carbonyl (C=O) groups excluding carboxylic acids is 1. The van der Waals surface area contributed by atoms with Crippen LogP contribution in [0.15, 0.2) is 65.7 Å². The van der Waals surface area contributed by atoms with Crippen molar-refractivity contribution in [3.8, 4) is 0 Å². The Morgan fingerprint density at radius 2 is 1.50 bits per heavy atom. The highest BCUT2D eigenvalue weighted by Crippen LogP contribution is 2.25. The zero-order chi connectivity index (χ0) is 23.7. The van der Waals surface area contributed by atoms with Gasteiger partial charge in [-0.05, 0) is 38.0 Å². The third-order valence-corrected chi connectivity index (χ3v) is 5.18. The lowest BCUT2D eigenvalue weighted by Gasteiger charge is -2.18. The molecule has 0 bridgehead atoms. The number of nitrogens with zero attached hydrogens (tertiary/aromatic N) is 2. The molecular formula is C28H35N3O. The van der Waals surface area contributed by atoms with E-state index in [9.17, 15) is 4.79 Å². The first-order valence-corrected chi connectivity index (χ1v) is 11.5. The van der Waals surface area contributed by atoms with Crippen molar-refractivity contribution in [2.75, 3.05) is 5.32 Å². The maximum absolute atomic E-state index is 13.1. The Morgan fingerprint density at radius 1 is 0.875 bits per heavy atom. The van der Waals surface area contributed by atoms with E-state index in [1.807, 2.05) is 109 Å². The number of fused-ring (bicyclic) bond motifs is 1. The SMILES string of the molecule is CC.CC.Cc1cc(NC2N=C(c3ccccc3)c3ccccc3CC2=O)c(C)c(C)n1. The highest BCUT2D eigenvalue weighted by Gasteiger charge is 2.26. The van der Waals surface area contributed by atoms with Gasteiger partial charge < -0.3 is 5.32 Å². The van der Waals surface area contributed by atoms with Crippen LogP contribution in [0.4, 0.5) is 5.69 Å². The molecule has 1 N–H and O–H groups in total. The third-order valence-electron chi connectivity index (χ3n) is 5.18. The van der Waals surface area contributed by atoms with Crippen LogP contribution in [0.5, 0.6) is 0 Å². The summed E-state index contributed by atoms with van der Waals surface area (Å²) in [6, 6.07) is 20.1. The largest absolute Gasteiger partial charge is 0.357 e. The number of aromatic nitrogens is 1. The minimum Gasteiger partial charge on any atom is -0.357 e. The van der Waals surface area contributed by atoms with E-state index in [0.29, 0.717) is 6.42 Å². The Kier molecular flexibility index (Phi) is 9.33. The standard InChI is InChI=1S/C24H23N3O.2C2H6/c1-15-13-21(16(2)17(3)25-15)26-24-22(28)14-19-11-7-8-12-20(19)23(27-24)18-9-5-4-6-10-18;2*1-2/h4-13,24H,14H2,1-3H3,(H,25,26);2*1-2H3. The second kappa shape index (κ2) is 11.9. The van der Waals surface area contributed by atoms with Gasteiger partial charge in [-0.1, -0.05) is 82.3 Å². The summed E-state index contributed by atoms with van der Waals surface area (Å²) < 4.78 is 0. The van der Waals surface area contributed by atoms with Crippen LogP contribution in [-0.4, -0.2) is 22.6 Å². The van der Waals surface area contributed by atoms with E-state index in [-0.39, 0.29) is 5.78 Å². The van der Waals surface area contributed by atoms with Crippen molar-refractivity contribution >= 4 is 17.2 Å². The summed E-state index contributed by atoms with van der Waals surface area (Å²) in [4.78, 5) is 22.5. The number of hydrogen-bond acceptors (Lipinski definition) is 4. The summed E-state index contributed by atoms with van der Waals surface area (Å²) in [6.07, 6.45) is -0.280. The Labute approximate surface area is 192 Å². The van der Waals surface area contributed by atoms with Crippen molar-refractivity contribution in [3.63, 3.8) is 0 Å². The Hall–Kier alpha value is -3.27. The van der Waals surface area contributed by atoms with Gasteiger partial charge in [0.05, 0.1) is 5.71 Å². The van der Waals surface area contributed by atoms with Gasteiger partial charge in [0.25, 0.3) is 0 Å². The molecule has 1 aromatic heterocycles. The lowest BCUT2D eigenvalue weighted by molar-refractivity contribution is -0.118. The number of aliphatic imine (C=N–C) groups is 1. The molecule has 0 aliphatic carbocycles. The van der Waals surface area contributed by atoms with E-state index in [4.69, 9.17) is 4.99 Å². The molecule has 0 fully saturated rings. The second-order valence-corrected chi connectivity index (χ2v) is 7.21. The van der Waals surface area contributed by atoms with Gasteiger partial charge in [-0.2, -0.15) is 0 Å². The van der Waals surface area contributed by atoms with Gasteiger partial charge in [-0.3, -0.25) is 14.8 Å². The molecule has 0 saturated heterocycles. The molecule has 0 radical (unpaired) electrons. The first-order chi connectivity index (χ1) is 15.5. The van der Waals surface area contributed by atoms with Gasteiger partial charge in [-0.25, -0.2) is 0 Å². The van der Waals surface area contributed by atoms with Gasteiger partial charge >= 0.3 is 0 Å². The maximum atomic E-state index is 13.1. The zero-order valence-corrected chi connectivity index (χ0v) is 20.4. The zero-order valence-electron chi connectivity index (χ0n) is 20.4. The molecule has 2 heterocycles. The summed E-state index contributed by atoms with van der Waals surface area (Å²) in [5.41, 5.74) is 7.71. The molecule has 0 saturated carbocycles. The third kappa shape index (κ3) is 5.70. The normalized spacial score (nSPS) is 14.5. The maximum Gasteiger partial charge on any atom is 0.181 e. The predicted molar refractivity (Wildman–Crippen MR) is 136 cm³/mol. The molecule has 168 valence electrons. The summed E-state index contributed by atoms with van der Waals surface area (Å²) in [6.45, 7) is 14.0. The predicted octanol–water partition coefficient (Wildman–Crippen LogP) is 6.46. The highest BCUT2D eigenvalue weighted by molar-refractivity contribution is 6.16. The molecule has 0 amide bonds. The second-order valence-electron chi connectivity index (χ2n) is 7.21. The summed E-state index contributed by atoms with van der Waals surface area (Å²) in [5.74, 6) is 0.0601. The molecule has 2 aromatic carbocycles. The van der Waals surface area contributed by atoms with Crippen LogP contribution in [0, 0.1) is 20.8 Å². The first kappa shape index (κ1) is 25.0. The minimum atomic E-state index is -0.637. The van der Waals surface area contributed by atoms with Crippen LogP contribution in [0.2, 0.25) is 0 Å². The Morgan fingerprint density at radius 3 is 2.19 bits per heavy atom. The fourth-order valence-corrected chi connectivity index (χ4v) is 3.59. The Balaban J connectivity index is 0.000000860. The fraction of sp³-hybridized carbons (Fsp3) is 0.321.